The largest absolute Gasteiger partial charge is 0.435 e. The summed E-state index contributed by atoms with van der Waals surface area (Å²) >= 11 is 0. The van der Waals surface area contributed by atoms with Gasteiger partial charge in [-0.1, -0.05) is 18.2 Å². The van der Waals surface area contributed by atoms with Crippen molar-refractivity contribution in [2.75, 3.05) is 0 Å². The zero-order valence-electron chi connectivity index (χ0n) is 18.3. The number of nitrogens with one attached hydrogen (secondary N) is 2. The predicted octanol–water partition coefficient (Wildman–Crippen LogP) is 4.82. The Morgan fingerprint density at radius 2 is 1.68 bits per heavy atom. The van der Waals surface area contributed by atoms with Gasteiger partial charge in [-0.25, -0.2) is 4.39 Å². The van der Waals surface area contributed by atoms with Crippen LogP contribution in [0.25, 0.3) is 0 Å². The first-order chi connectivity index (χ1) is 15.7. The van der Waals surface area contributed by atoms with E-state index in [0.29, 0.717) is 48.9 Å². The van der Waals surface area contributed by atoms with E-state index in [0.717, 1.165) is 6.42 Å². The molecule has 2 fully saturated rings. The van der Waals surface area contributed by atoms with Crippen LogP contribution >= 0.6 is 0 Å². The number of hydrogen-bond donors (Lipinski definition) is 2. The first kappa shape index (κ1) is 24.8. The molecule has 1 aliphatic heterocycles. The van der Waals surface area contributed by atoms with Gasteiger partial charge in [0.2, 0.25) is 11.8 Å². The summed E-state index contributed by atoms with van der Waals surface area (Å²) in [6.45, 7) is 1.87. The monoisotopic (exact) mass is 494 g/mol. The van der Waals surface area contributed by atoms with Gasteiger partial charge in [-0.15, -0.1) is 0 Å². The topological polar surface area (TPSA) is 58.2 Å². The second-order valence-electron chi connectivity index (χ2n) is 9.57. The minimum atomic E-state index is -6.14. The van der Waals surface area contributed by atoms with E-state index in [-0.39, 0.29) is 42.0 Å². The maximum Gasteiger partial charge on any atom is 0.435 e. The molecule has 0 aromatic heterocycles. The number of carbonyl (C=O) groups is 2. The molecule has 1 saturated heterocycles. The minimum Gasteiger partial charge on any atom is -0.352 e. The number of hydrogen-bond acceptors (Lipinski definition) is 2. The predicted molar refractivity (Wildman–Crippen MR) is 107 cm³/mol. The van der Waals surface area contributed by atoms with Crippen LogP contribution in [0.2, 0.25) is 0 Å². The Labute approximate surface area is 191 Å². The van der Waals surface area contributed by atoms with Gasteiger partial charge in [-0.2, -0.15) is 26.3 Å². The van der Waals surface area contributed by atoms with Crippen molar-refractivity contribution in [2.45, 2.75) is 81.5 Å². The Morgan fingerprint density at radius 1 is 1.00 bits per heavy atom. The molecule has 1 heterocycles. The average Bonchev–Trinajstić information content (AvgIpc) is 3.37. The zero-order valence-corrected chi connectivity index (χ0v) is 18.3. The summed E-state index contributed by atoms with van der Waals surface area (Å²) in [5.41, 5.74) is -5.92. The third-order valence-corrected chi connectivity index (χ3v) is 7.67. The first-order valence-corrected chi connectivity index (χ1v) is 11.3. The Hall–Kier alpha value is -2.33. The Morgan fingerprint density at radius 3 is 2.26 bits per heavy atom. The van der Waals surface area contributed by atoms with Crippen LogP contribution in [0, 0.1) is 11.8 Å². The highest BCUT2D eigenvalue weighted by Gasteiger charge is 2.73. The van der Waals surface area contributed by atoms with Gasteiger partial charge in [0.15, 0.2) is 0 Å². The van der Waals surface area contributed by atoms with Crippen molar-refractivity contribution in [1.82, 2.24) is 10.6 Å². The molecule has 4 nitrogen and oxygen atoms in total. The maximum atomic E-state index is 14.5. The number of amides is 2. The van der Waals surface area contributed by atoms with E-state index in [1.54, 1.807) is 0 Å². The molecule has 1 aromatic rings. The van der Waals surface area contributed by atoms with Gasteiger partial charge in [0.25, 0.3) is 0 Å². The molecule has 188 valence electrons. The van der Waals surface area contributed by atoms with Crippen LogP contribution in [0.4, 0.5) is 30.7 Å². The van der Waals surface area contributed by atoms with Crippen molar-refractivity contribution in [3.05, 3.63) is 34.9 Å². The van der Waals surface area contributed by atoms with Crippen LogP contribution in [0.3, 0.4) is 0 Å². The van der Waals surface area contributed by atoms with E-state index in [9.17, 15) is 40.3 Å². The minimum absolute atomic E-state index is 0.0736. The van der Waals surface area contributed by atoms with Gasteiger partial charge in [-0.3, -0.25) is 9.59 Å². The van der Waals surface area contributed by atoms with Gasteiger partial charge in [-0.05, 0) is 67.9 Å². The number of aryl methyl sites for hydroxylation is 1. The second kappa shape index (κ2) is 8.41. The molecule has 0 spiro atoms. The molecule has 3 aliphatic rings. The highest BCUT2D eigenvalue weighted by molar-refractivity contribution is 5.90. The molecule has 2 aliphatic carbocycles. The fourth-order valence-electron chi connectivity index (χ4n) is 5.97. The lowest BCUT2D eigenvalue weighted by atomic mass is 9.72. The molecule has 2 amide bonds. The Bertz CT molecular complexity index is 961. The van der Waals surface area contributed by atoms with Gasteiger partial charge in [0.1, 0.15) is 6.04 Å². The average molecular weight is 494 g/mol. The number of halogens is 7. The first-order valence-electron chi connectivity index (χ1n) is 11.3. The summed E-state index contributed by atoms with van der Waals surface area (Å²) in [5, 5.41) is 5.57. The van der Waals surface area contributed by atoms with Crippen LogP contribution in [0.15, 0.2) is 18.2 Å². The summed E-state index contributed by atoms with van der Waals surface area (Å²) in [4.78, 5) is 23.8. The number of alkyl halides is 7. The van der Waals surface area contributed by atoms with Crippen molar-refractivity contribution in [2.24, 2.45) is 11.8 Å². The number of benzene rings is 1. The van der Waals surface area contributed by atoms with E-state index in [1.807, 2.05) is 6.92 Å². The molecule has 0 radical (unpaired) electrons. The summed E-state index contributed by atoms with van der Waals surface area (Å²) < 4.78 is 93.4. The highest BCUT2D eigenvalue weighted by atomic mass is 19.4. The van der Waals surface area contributed by atoms with Crippen LogP contribution < -0.4 is 10.6 Å². The van der Waals surface area contributed by atoms with Crippen LogP contribution in [0.1, 0.15) is 61.6 Å². The quantitative estimate of drug-likeness (QED) is 0.590. The zero-order chi connectivity index (χ0) is 25.1. The van der Waals surface area contributed by atoms with Gasteiger partial charge in [0, 0.05) is 18.0 Å². The van der Waals surface area contributed by atoms with E-state index < -0.39 is 29.6 Å². The molecular weight excluding hydrogens is 469 g/mol. The smallest absolute Gasteiger partial charge is 0.352 e. The third-order valence-electron chi connectivity index (χ3n) is 7.67. The molecule has 4 rings (SSSR count). The number of rotatable bonds is 4. The molecule has 2 N–H and O–H groups in total. The van der Waals surface area contributed by atoms with Crippen LogP contribution in [-0.2, 0) is 21.7 Å². The molecule has 11 heteroatoms. The van der Waals surface area contributed by atoms with Crippen molar-refractivity contribution < 1.29 is 40.3 Å². The van der Waals surface area contributed by atoms with E-state index in [1.165, 1.54) is 6.07 Å². The molecule has 1 saturated carbocycles. The lowest BCUT2D eigenvalue weighted by molar-refractivity contribution is -0.348. The van der Waals surface area contributed by atoms with Crippen LogP contribution in [-0.4, -0.2) is 36.3 Å². The fraction of sp³-hybridized carbons (Fsp3) is 0.652. The number of fused-ring (bicyclic) bond motifs is 3. The molecule has 0 bridgehead atoms. The standard InChI is InChI=1S/C23H25F7N2O2/c1-11(31-20(34)18-8-9-19(33)32-18)14-6-7-17-15-5-3-13(10-12(15)2-4-16(14)17)21(24,22(25,26)27)23(28,29)30/h3,5,10-11,14,16-18H,2,4,6-9H2,1H3,(H,31,34)(H,32,33)/t11?,14-,16-,17?,18?/m0/s1. The van der Waals surface area contributed by atoms with E-state index in [2.05, 4.69) is 10.6 Å². The van der Waals surface area contributed by atoms with E-state index in [4.69, 9.17) is 0 Å². The van der Waals surface area contributed by atoms with Crippen LogP contribution in [0.5, 0.6) is 0 Å². The summed E-state index contributed by atoms with van der Waals surface area (Å²) in [6.07, 6.45) is -9.41. The van der Waals surface area contributed by atoms with Crippen molar-refractivity contribution in [3.63, 3.8) is 0 Å². The lowest BCUT2D eigenvalue weighted by Gasteiger charge is -2.36. The highest BCUT2D eigenvalue weighted by Crippen LogP contribution is 2.55. The number of carbonyl (C=O) groups excluding carboxylic acids is 2. The SMILES string of the molecule is CC(NC(=O)C1CCC(=O)N1)[C@@H]1CCC2c3ccc(C(F)(C(F)(F)F)C(F)(F)F)cc3CC[C@H]21. The van der Waals surface area contributed by atoms with Gasteiger partial charge >= 0.3 is 18.0 Å². The molecule has 34 heavy (non-hydrogen) atoms. The van der Waals surface area contributed by atoms with Crippen molar-refractivity contribution in [3.8, 4) is 0 Å². The fourth-order valence-corrected chi connectivity index (χ4v) is 5.97. The van der Waals surface area contributed by atoms with Crippen molar-refractivity contribution in [1.29, 1.82) is 0 Å². The Kier molecular flexibility index (Phi) is 6.13. The van der Waals surface area contributed by atoms with Gasteiger partial charge in [0.05, 0.1) is 0 Å². The van der Waals surface area contributed by atoms with E-state index >= 15 is 0 Å². The second-order valence-corrected chi connectivity index (χ2v) is 9.57. The van der Waals surface area contributed by atoms with Crippen molar-refractivity contribution >= 4 is 11.8 Å². The lowest BCUT2D eigenvalue weighted by Crippen LogP contribution is -2.50. The molecule has 5 atom stereocenters. The van der Waals surface area contributed by atoms with Gasteiger partial charge < -0.3 is 10.6 Å². The summed E-state index contributed by atoms with van der Waals surface area (Å²) in [7, 11) is 0. The molecule has 1 aromatic carbocycles. The molecular formula is C23H25F7N2O2. The maximum absolute atomic E-state index is 14.5. The molecule has 3 unspecified atom stereocenters. The normalized spacial score (nSPS) is 28.2. The summed E-state index contributed by atoms with van der Waals surface area (Å²) in [6, 6.07) is 1.74. The summed E-state index contributed by atoms with van der Waals surface area (Å²) in [5.74, 6) is -0.359. The Balaban J connectivity index is 1.52. The third kappa shape index (κ3) is 4.04.